The van der Waals surface area contributed by atoms with Gasteiger partial charge in [0.05, 0.1) is 10.8 Å². The minimum atomic E-state index is -0.751. The van der Waals surface area contributed by atoms with Crippen molar-refractivity contribution in [2.45, 2.75) is 13.5 Å². The van der Waals surface area contributed by atoms with Gasteiger partial charge in [0, 0.05) is 31.8 Å². The lowest BCUT2D eigenvalue weighted by Crippen LogP contribution is -2.23. The first-order valence-corrected chi connectivity index (χ1v) is 6.16. The smallest absolute Gasteiger partial charge is 0.308 e. The molecule has 102 valence electrons. The predicted molar refractivity (Wildman–Crippen MR) is 68.7 cm³/mol. The molecule has 1 aliphatic rings. The first-order chi connectivity index (χ1) is 8.97. The number of aliphatic carboxylic acids is 1. The van der Waals surface area contributed by atoms with Gasteiger partial charge in [-0.05, 0) is 11.5 Å². The van der Waals surface area contributed by atoms with Crippen molar-refractivity contribution >= 4 is 11.7 Å². The molecule has 0 amide bonds. The van der Waals surface area contributed by atoms with Crippen LogP contribution >= 0.6 is 0 Å². The van der Waals surface area contributed by atoms with E-state index >= 15 is 0 Å². The lowest BCUT2D eigenvalue weighted by molar-refractivity contribution is -0.384. The van der Waals surface area contributed by atoms with E-state index in [0.29, 0.717) is 13.1 Å². The summed E-state index contributed by atoms with van der Waals surface area (Å²) < 4.78 is 0. The molecule has 0 radical (unpaired) electrons. The molecule has 2 rings (SSSR count). The van der Waals surface area contributed by atoms with Crippen LogP contribution < -0.4 is 0 Å². The third-order valence-electron chi connectivity index (χ3n) is 3.56. The molecular formula is C13H16N2O4. The van der Waals surface area contributed by atoms with Crippen LogP contribution in [-0.4, -0.2) is 34.0 Å². The summed E-state index contributed by atoms with van der Waals surface area (Å²) in [5.74, 6) is -0.938. The largest absolute Gasteiger partial charge is 0.481 e. The molecule has 1 aromatic rings. The number of carbonyl (C=O) groups is 1. The Morgan fingerprint density at radius 2 is 2.05 bits per heavy atom. The Balaban J connectivity index is 1.99. The van der Waals surface area contributed by atoms with Crippen LogP contribution in [0.2, 0.25) is 0 Å². The quantitative estimate of drug-likeness (QED) is 0.661. The summed E-state index contributed by atoms with van der Waals surface area (Å²) in [4.78, 5) is 23.2. The van der Waals surface area contributed by atoms with Crippen molar-refractivity contribution in [1.82, 2.24) is 4.90 Å². The molecule has 0 aromatic heterocycles. The Labute approximate surface area is 110 Å². The van der Waals surface area contributed by atoms with Gasteiger partial charge in [-0.3, -0.25) is 19.8 Å². The maximum absolute atomic E-state index is 11.0. The van der Waals surface area contributed by atoms with Crippen LogP contribution in [0.3, 0.4) is 0 Å². The highest BCUT2D eigenvalue weighted by atomic mass is 16.6. The maximum atomic E-state index is 11.0. The molecule has 2 atom stereocenters. The molecule has 1 aliphatic heterocycles. The van der Waals surface area contributed by atoms with E-state index in [1.165, 1.54) is 12.1 Å². The minimum Gasteiger partial charge on any atom is -0.481 e. The van der Waals surface area contributed by atoms with Crippen molar-refractivity contribution in [2.75, 3.05) is 13.1 Å². The molecule has 1 heterocycles. The maximum Gasteiger partial charge on any atom is 0.308 e. The fraction of sp³-hybridized carbons (Fsp3) is 0.462. The number of nitro groups is 1. The van der Waals surface area contributed by atoms with Crippen molar-refractivity contribution in [3.8, 4) is 0 Å². The molecule has 1 aromatic carbocycles. The summed E-state index contributed by atoms with van der Waals surface area (Å²) in [5, 5.41) is 19.6. The molecule has 0 spiro atoms. The number of non-ortho nitro benzene ring substituents is 1. The highest BCUT2D eigenvalue weighted by Crippen LogP contribution is 2.25. The average Bonchev–Trinajstić information content (AvgIpc) is 2.71. The molecule has 6 heteroatoms. The highest BCUT2D eigenvalue weighted by molar-refractivity contribution is 5.71. The van der Waals surface area contributed by atoms with E-state index in [9.17, 15) is 14.9 Å². The summed E-state index contributed by atoms with van der Waals surface area (Å²) in [6.45, 7) is 3.85. The number of carboxylic acid groups (broad SMARTS) is 1. The Morgan fingerprint density at radius 1 is 1.42 bits per heavy atom. The Hall–Kier alpha value is -1.95. The molecule has 0 aliphatic carbocycles. The van der Waals surface area contributed by atoms with Crippen LogP contribution in [0.5, 0.6) is 0 Å². The fourth-order valence-corrected chi connectivity index (χ4v) is 2.50. The zero-order chi connectivity index (χ0) is 14.0. The number of nitrogens with zero attached hydrogens (tertiary/aromatic N) is 2. The molecule has 6 nitrogen and oxygen atoms in total. The first kappa shape index (κ1) is 13.5. The van der Waals surface area contributed by atoms with Crippen molar-refractivity contribution in [3.63, 3.8) is 0 Å². The number of benzene rings is 1. The van der Waals surface area contributed by atoms with E-state index in [1.807, 2.05) is 6.92 Å². The number of hydrogen-bond acceptors (Lipinski definition) is 4. The van der Waals surface area contributed by atoms with E-state index in [-0.39, 0.29) is 17.5 Å². The SMILES string of the molecule is CC1CN(Cc2ccc([N+](=O)[O-])cc2)CC1C(=O)O. The van der Waals surface area contributed by atoms with Gasteiger partial charge >= 0.3 is 5.97 Å². The van der Waals surface area contributed by atoms with Crippen molar-refractivity contribution < 1.29 is 14.8 Å². The predicted octanol–water partition coefficient (Wildman–Crippen LogP) is 1.75. The third-order valence-corrected chi connectivity index (χ3v) is 3.56. The Kier molecular flexibility index (Phi) is 3.80. The summed E-state index contributed by atoms with van der Waals surface area (Å²) in [6, 6.07) is 6.39. The minimum absolute atomic E-state index is 0.0713. The van der Waals surface area contributed by atoms with Crippen LogP contribution in [0.25, 0.3) is 0 Å². The second kappa shape index (κ2) is 5.36. The second-order valence-electron chi connectivity index (χ2n) is 5.04. The molecule has 2 unspecified atom stereocenters. The van der Waals surface area contributed by atoms with Crippen LogP contribution in [0.4, 0.5) is 5.69 Å². The van der Waals surface area contributed by atoms with E-state index in [2.05, 4.69) is 4.90 Å². The van der Waals surface area contributed by atoms with Crippen molar-refractivity contribution in [1.29, 1.82) is 0 Å². The van der Waals surface area contributed by atoms with E-state index < -0.39 is 10.9 Å². The van der Waals surface area contributed by atoms with Gasteiger partial charge in [-0.2, -0.15) is 0 Å². The van der Waals surface area contributed by atoms with Crippen LogP contribution in [-0.2, 0) is 11.3 Å². The monoisotopic (exact) mass is 264 g/mol. The molecule has 0 bridgehead atoms. The Bertz CT molecular complexity index is 486. The van der Waals surface area contributed by atoms with Gasteiger partial charge in [0.2, 0.25) is 0 Å². The zero-order valence-electron chi connectivity index (χ0n) is 10.7. The lowest BCUT2D eigenvalue weighted by Gasteiger charge is -2.14. The topological polar surface area (TPSA) is 83.7 Å². The number of nitro benzene ring substituents is 1. The van der Waals surface area contributed by atoms with Gasteiger partial charge in [-0.25, -0.2) is 0 Å². The van der Waals surface area contributed by atoms with Gasteiger partial charge in [0.15, 0.2) is 0 Å². The first-order valence-electron chi connectivity index (χ1n) is 6.16. The summed E-state index contributed by atoms with van der Waals surface area (Å²) in [5.41, 5.74) is 1.03. The highest BCUT2D eigenvalue weighted by Gasteiger charge is 2.34. The van der Waals surface area contributed by atoms with Crippen LogP contribution in [0, 0.1) is 22.0 Å². The zero-order valence-corrected chi connectivity index (χ0v) is 10.7. The average molecular weight is 264 g/mol. The molecule has 1 fully saturated rings. The summed E-state index contributed by atoms with van der Waals surface area (Å²) in [6.07, 6.45) is 0. The number of likely N-dealkylation sites (tertiary alicyclic amines) is 1. The standard InChI is InChI=1S/C13H16N2O4/c1-9-6-14(8-12(9)13(16)17)7-10-2-4-11(5-3-10)15(18)19/h2-5,9,12H,6-8H2,1H3,(H,16,17). The van der Waals surface area contributed by atoms with Crippen molar-refractivity contribution in [3.05, 3.63) is 39.9 Å². The summed E-state index contributed by atoms with van der Waals surface area (Å²) >= 11 is 0. The van der Waals surface area contributed by atoms with Gasteiger partial charge in [0.1, 0.15) is 0 Å². The third kappa shape index (κ3) is 3.08. The van der Waals surface area contributed by atoms with E-state index in [1.54, 1.807) is 12.1 Å². The van der Waals surface area contributed by atoms with E-state index in [4.69, 9.17) is 5.11 Å². The molecule has 1 saturated heterocycles. The van der Waals surface area contributed by atoms with Crippen LogP contribution in [0.15, 0.2) is 24.3 Å². The van der Waals surface area contributed by atoms with Gasteiger partial charge in [-0.15, -0.1) is 0 Å². The fourth-order valence-electron chi connectivity index (χ4n) is 2.50. The van der Waals surface area contributed by atoms with Gasteiger partial charge in [0.25, 0.3) is 5.69 Å². The summed E-state index contributed by atoms with van der Waals surface area (Å²) in [7, 11) is 0. The van der Waals surface area contributed by atoms with E-state index in [0.717, 1.165) is 12.1 Å². The molecule has 0 saturated carbocycles. The van der Waals surface area contributed by atoms with Gasteiger partial charge < -0.3 is 5.11 Å². The van der Waals surface area contributed by atoms with Gasteiger partial charge in [-0.1, -0.05) is 19.1 Å². The molecule has 1 N–H and O–H groups in total. The van der Waals surface area contributed by atoms with Crippen molar-refractivity contribution in [2.24, 2.45) is 11.8 Å². The number of hydrogen-bond donors (Lipinski definition) is 1. The second-order valence-corrected chi connectivity index (χ2v) is 5.04. The lowest BCUT2D eigenvalue weighted by atomic mass is 9.99. The molecule has 19 heavy (non-hydrogen) atoms. The number of rotatable bonds is 4. The normalized spacial score (nSPS) is 23.4. The Morgan fingerprint density at radius 3 is 2.53 bits per heavy atom. The number of carboxylic acids is 1. The van der Waals surface area contributed by atoms with Crippen LogP contribution in [0.1, 0.15) is 12.5 Å². The molecular weight excluding hydrogens is 248 g/mol.